The maximum Gasteiger partial charge on any atom is 0.227 e. The Kier molecular flexibility index (Phi) is 4.97. The number of pyridine rings is 2. The summed E-state index contributed by atoms with van der Waals surface area (Å²) in [5.41, 5.74) is 8.35. The van der Waals surface area contributed by atoms with Crippen molar-refractivity contribution >= 4 is 44.7 Å². The van der Waals surface area contributed by atoms with Gasteiger partial charge in [0.25, 0.3) is 0 Å². The first-order chi connectivity index (χ1) is 18.0. The number of rotatable bonds is 5. The average molecular weight is 505 g/mol. The van der Waals surface area contributed by atoms with Crippen molar-refractivity contribution in [1.29, 1.82) is 0 Å². The number of anilines is 1. The number of amides is 1. The largest absolute Gasteiger partial charge is 0.352 e. The van der Waals surface area contributed by atoms with E-state index in [4.69, 9.17) is 0 Å². The summed E-state index contributed by atoms with van der Waals surface area (Å²) in [6.07, 6.45) is 7.55. The predicted octanol–water partition coefficient (Wildman–Crippen LogP) is 6.86. The second kappa shape index (κ2) is 8.38. The van der Waals surface area contributed by atoms with Gasteiger partial charge in [-0.2, -0.15) is 5.10 Å². The molecule has 1 fully saturated rings. The molecule has 7 rings (SSSR count). The van der Waals surface area contributed by atoms with Gasteiger partial charge in [-0.15, -0.1) is 11.3 Å². The Morgan fingerprint density at radius 3 is 2.70 bits per heavy atom. The van der Waals surface area contributed by atoms with Gasteiger partial charge < -0.3 is 10.3 Å². The minimum atomic E-state index is 0.0995. The molecule has 8 heteroatoms. The third kappa shape index (κ3) is 3.99. The van der Waals surface area contributed by atoms with Crippen LogP contribution in [-0.2, 0) is 4.79 Å². The smallest absolute Gasteiger partial charge is 0.227 e. The maximum absolute atomic E-state index is 12.3. The second-order valence-electron chi connectivity index (χ2n) is 9.78. The fourth-order valence-corrected chi connectivity index (χ4v) is 5.72. The number of benzene rings is 1. The number of hydrogen-bond acceptors (Lipinski definition) is 5. The van der Waals surface area contributed by atoms with Crippen LogP contribution in [0.15, 0.2) is 61.1 Å². The lowest BCUT2D eigenvalue weighted by Gasteiger charge is -2.09. The molecule has 0 unspecified atom stereocenters. The number of thiophene rings is 1. The lowest BCUT2D eigenvalue weighted by Crippen LogP contribution is -2.13. The van der Waals surface area contributed by atoms with Crippen LogP contribution in [0.4, 0.5) is 5.69 Å². The van der Waals surface area contributed by atoms with Crippen LogP contribution in [0.3, 0.4) is 0 Å². The Balaban J connectivity index is 1.30. The standard InChI is InChI=1S/C29H24N6OS/c1-15-7-18(9-19(8-15)32-29(36)17-4-5-17)23-11-21-26(14-31-23)34-35-28(21)24-10-20-22(12-30-13-25(20)33-24)27-6-3-16(2)37-27/h3,6-14,17,33H,4-5H2,1-2H3,(H,32,36)(H,34,35). The van der Waals surface area contributed by atoms with Crippen LogP contribution < -0.4 is 5.32 Å². The highest BCUT2D eigenvalue weighted by Gasteiger charge is 2.29. The topological polar surface area (TPSA) is 99.4 Å². The predicted molar refractivity (Wildman–Crippen MR) is 149 cm³/mol. The summed E-state index contributed by atoms with van der Waals surface area (Å²) in [4.78, 5) is 27.5. The molecule has 5 heterocycles. The zero-order valence-electron chi connectivity index (χ0n) is 20.4. The summed E-state index contributed by atoms with van der Waals surface area (Å²) in [5, 5.41) is 12.9. The molecule has 7 nitrogen and oxygen atoms in total. The molecule has 37 heavy (non-hydrogen) atoms. The van der Waals surface area contributed by atoms with Crippen LogP contribution in [0.2, 0.25) is 0 Å². The van der Waals surface area contributed by atoms with Crippen LogP contribution in [0.1, 0.15) is 23.3 Å². The normalized spacial score (nSPS) is 13.5. The van der Waals surface area contributed by atoms with E-state index in [2.05, 4.69) is 67.7 Å². The summed E-state index contributed by atoms with van der Waals surface area (Å²) in [7, 11) is 0. The third-order valence-corrected chi connectivity index (χ3v) is 7.88. The average Bonchev–Trinajstić information content (AvgIpc) is 3.29. The van der Waals surface area contributed by atoms with Gasteiger partial charge >= 0.3 is 0 Å². The molecule has 1 aliphatic carbocycles. The number of fused-ring (bicyclic) bond motifs is 2. The van der Waals surface area contributed by atoms with E-state index in [-0.39, 0.29) is 11.8 Å². The summed E-state index contributed by atoms with van der Waals surface area (Å²) in [5.74, 6) is 0.255. The van der Waals surface area contributed by atoms with Crippen molar-refractivity contribution in [2.45, 2.75) is 26.7 Å². The van der Waals surface area contributed by atoms with Crippen molar-refractivity contribution in [2.24, 2.45) is 5.92 Å². The minimum absolute atomic E-state index is 0.0995. The molecule has 1 aliphatic rings. The molecule has 1 aromatic carbocycles. The summed E-state index contributed by atoms with van der Waals surface area (Å²) < 4.78 is 0. The van der Waals surface area contributed by atoms with Crippen molar-refractivity contribution in [2.75, 3.05) is 5.32 Å². The van der Waals surface area contributed by atoms with Crippen LogP contribution in [-0.4, -0.2) is 31.1 Å². The number of aryl methyl sites for hydroxylation is 2. The molecule has 1 saturated carbocycles. The van der Waals surface area contributed by atoms with E-state index in [1.807, 2.05) is 37.6 Å². The molecule has 0 bridgehead atoms. The van der Waals surface area contributed by atoms with Gasteiger partial charge in [0.1, 0.15) is 5.69 Å². The molecule has 6 aromatic rings. The number of carbonyl (C=O) groups is 1. The first-order valence-corrected chi connectivity index (χ1v) is 13.1. The summed E-state index contributed by atoms with van der Waals surface area (Å²) >= 11 is 1.77. The quantitative estimate of drug-likeness (QED) is 0.239. The molecule has 0 spiro atoms. The summed E-state index contributed by atoms with van der Waals surface area (Å²) in [6, 6.07) is 14.6. The highest BCUT2D eigenvalue weighted by Crippen LogP contribution is 2.37. The van der Waals surface area contributed by atoms with E-state index in [0.717, 1.165) is 74.1 Å². The Morgan fingerprint density at radius 1 is 1.00 bits per heavy atom. The van der Waals surface area contributed by atoms with Crippen molar-refractivity contribution in [3.63, 3.8) is 0 Å². The highest BCUT2D eigenvalue weighted by atomic mass is 32.1. The first-order valence-electron chi connectivity index (χ1n) is 12.3. The van der Waals surface area contributed by atoms with Gasteiger partial charge in [0.15, 0.2) is 0 Å². The van der Waals surface area contributed by atoms with E-state index in [1.165, 1.54) is 9.75 Å². The first kappa shape index (κ1) is 21.9. The number of nitrogens with one attached hydrogen (secondary N) is 3. The Hall–Kier alpha value is -4.30. The van der Waals surface area contributed by atoms with Crippen LogP contribution in [0, 0.1) is 19.8 Å². The maximum atomic E-state index is 12.3. The number of nitrogens with zero attached hydrogens (tertiary/aromatic N) is 3. The molecule has 5 aromatic heterocycles. The van der Waals surface area contributed by atoms with E-state index >= 15 is 0 Å². The summed E-state index contributed by atoms with van der Waals surface area (Å²) in [6.45, 7) is 4.15. The van der Waals surface area contributed by atoms with Crippen molar-refractivity contribution in [3.05, 3.63) is 71.5 Å². The molecule has 0 aliphatic heterocycles. The lowest BCUT2D eigenvalue weighted by atomic mass is 10.0. The Morgan fingerprint density at radius 2 is 1.89 bits per heavy atom. The molecular formula is C29H24N6OS. The van der Waals surface area contributed by atoms with E-state index < -0.39 is 0 Å². The van der Waals surface area contributed by atoms with Crippen molar-refractivity contribution < 1.29 is 4.79 Å². The number of aromatic nitrogens is 5. The van der Waals surface area contributed by atoms with Gasteiger partial charge in [-0.05, 0) is 74.7 Å². The van der Waals surface area contributed by atoms with E-state index in [1.54, 1.807) is 11.3 Å². The molecule has 0 atom stereocenters. The fraction of sp³-hybridized carbons (Fsp3) is 0.172. The van der Waals surface area contributed by atoms with Crippen LogP contribution >= 0.6 is 11.3 Å². The van der Waals surface area contributed by atoms with Gasteiger partial charge in [-0.1, -0.05) is 0 Å². The SMILES string of the molecule is Cc1cc(NC(=O)C2CC2)cc(-c2cc3c(-c4cc5c(-c6ccc(C)s6)cncc5[nH]4)n[nH]c3cn2)c1. The Bertz CT molecular complexity index is 1820. The lowest BCUT2D eigenvalue weighted by molar-refractivity contribution is -0.117. The van der Waals surface area contributed by atoms with Gasteiger partial charge in [-0.25, -0.2) is 0 Å². The molecule has 0 radical (unpaired) electrons. The number of H-pyrrole nitrogens is 2. The fourth-order valence-electron chi connectivity index (χ4n) is 4.83. The Labute approximate surface area is 217 Å². The number of aromatic amines is 2. The van der Waals surface area contributed by atoms with E-state index in [9.17, 15) is 4.79 Å². The molecule has 182 valence electrons. The zero-order valence-corrected chi connectivity index (χ0v) is 21.2. The van der Waals surface area contributed by atoms with Gasteiger partial charge in [-0.3, -0.25) is 19.9 Å². The number of hydrogen-bond donors (Lipinski definition) is 3. The van der Waals surface area contributed by atoms with Crippen molar-refractivity contribution in [3.8, 4) is 33.1 Å². The van der Waals surface area contributed by atoms with Gasteiger partial charge in [0.05, 0.1) is 34.8 Å². The van der Waals surface area contributed by atoms with E-state index in [0.29, 0.717) is 0 Å². The number of carbonyl (C=O) groups excluding carboxylic acids is 1. The van der Waals surface area contributed by atoms with Crippen LogP contribution in [0.25, 0.3) is 54.9 Å². The van der Waals surface area contributed by atoms with Gasteiger partial charge in [0.2, 0.25) is 5.91 Å². The monoisotopic (exact) mass is 504 g/mol. The van der Waals surface area contributed by atoms with Gasteiger partial charge in [0, 0.05) is 49.5 Å². The van der Waals surface area contributed by atoms with Crippen LogP contribution in [0.5, 0.6) is 0 Å². The minimum Gasteiger partial charge on any atom is -0.352 e. The molecule has 1 amide bonds. The molecule has 0 saturated heterocycles. The molecule has 3 N–H and O–H groups in total. The third-order valence-electron chi connectivity index (χ3n) is 6.84. The second-order valence-corrected chi connectivity index (χ2v) is 11.1. The van der Waals surface area contributed by atoms with Crippen molar-refractivity contribution in [1.82, 2.24) is 25.1 Å². The molecular weight excluding hydrogens is 480 g/mol. The zero-order chi connectivity index (χ0) is 25.1. The highest BCUT2D eigenvalue weighted by molar-refractivity contribution is 7.15.